The van der Waals surface area contributed by atoms with E-state index in [4.69, 9.17) is 4.74 Å². The zero-order chi connectivity index (χ0) is 11.3. The van der Waals surface area contributed by atoms with Crippen molar-refractivity contribution < 1.29 is 13.9 Å². The molecule has 3 nitrogen and oxygen atoms in total. The van der Waals surface area contributed by atoms with Crippen molar-refractivity contribution in [3.8, 4) is 5.75 Å². The number of nitrogens with zero attached hydrogens (tertiary/aromatic N) is 1. The van der Waals surface area contributed by atoms with E-state index in [-0.39, 0.29) is 12.4 Å². The van der Waals surface area contributed by atoms with Gasteiger partial charge in [-0.05, 0) is 24.1 Å². The maximum Gasteiger partial charge on any atom is 0.235 e. The molecule has 80 valence electrons. The number of rotatable bonds is 4. The SMILES string of the molecule is CCc1c(F)cc(CN=C=O)cc1OC. The zero-order valence-corrected chi connectivity index (χ0v) is 8.71. The summed E-state index contributed by atoms with van der Waals surface area (Å²) in [6.45, 7) is 1.98. The van der Waals surface area contributed by atoms with Crippen LogP contribution in [0.3, 0.4) is 0 Å². The molecule has 0 fully saturated rings. The van der Waals surface area contributed by atoms with Gasteiger partial charge in [-0.1, -0.05) is 6.92 Å². The molecule has 1 rings (SSSR count). The first-order valence-electron chi connectivity index (χ1n) is 4.61. The van der Waals surface area contributed by atoms with Crippen LogP contribution in [0.4, 0.5) is 4.39 Å². The van der Waals surface area contributed by atoms with Crippen molar-refractivity contribution in [1.82, 2.24) is 0 Å². The highest BCUT2D eigenvalue weighted by atomic mass is 19.1. The first kappa shape index (κ1) is 11.4. The van der Waals surface area contributed by atoms with Gasteiger partial charge in [-0.25, -0.2) is 14.2 Å². The van der Waals surface area contributed by atoms with Crippen LogP contribution in [0.25, 0.3) is 0 Å². The number of isocyanates is 1. The molecule has 1 aromatic carbocycles. The summed E-state index contributed by atoms with van der Waals surface area (Å²) in [6.07, 6.45) is 1.98. The normalized spacial score (nSPS) is 9.53. The minimum absolute atomic E-state index is 0.126. The second kappa shape index (κ2) is 5.27. The van der Waals surface area contributed by atoms with Crippen molar-refractivity contribution >= 4 is 6.08 Å². The maximum atomic E-state index is 13.5. The smallest absolute Gasteiger partial charge is 0.235 e. The van der Waals surface area contributed by atoms with Crippen molar-refractivity contribution in [2.45, 2.75) is 19.9 Å². The lowest BCUT2D eigenvalue weighted by Gasteiger charge is -2.09. The molecule has 0 atom stereocenters. The third-order valence-electron chi connectivity index (χ3n) is 2.11. The lowest BCUT2D eigenvalue weighted by molar-refractivity contribution is 0.404. The molecule has 0 aliphatic rings. The van der Waals surface area contributed by atoms with Crippen LogP contribution >= 0.6 is 0 Å². The van der Waals surface area contributed by atoms with Crippen LogP contribution in [0, 0.1) is 5.82 Å². The highest BCUT2D eigenvalue weighted by molar-refractivity contribution is 5.40. The van der Waals surface area contributed by atoms with Crippen molar-refractivity contribution in [1.29, 1.82) is 0 Å². The Bertz CT molecular complexity index is 398. The van der Waals surface area contributed by atoms with Gasteiger partial charge in [0.1, 0.15) is 11.6 Å². The number of methoxy groups -OCH3 is 1. The van der Waals surface area contributed by atoms with Crippen LogP contribution in [0.1, 0.15) is 18.1 Å². The second-order valence-electron chi connectivity index (χ2n) is 3.02. The number of carbonyl (C=O) groups excluding carboxylic acids is 1. The fourth-order valence-electron chi connectivity index (χ4n) is 1.40. The van der Waals surface area contributed by atoms with Crippen LogP contribution in [-0.2, 0) is 17.8 Å². The van der Waals surface area contributed by atoms with Crippen molar-refractivity contribution in [3.05, 3.63) is 29.1 Å². The average Bonchev–Trinajstić information content (AvgIpc) is 2.25. The molecular weight excluding hydrogens is 197 g/mol. The lowest BCUT2D eigenvalue weighted by atomic mass is 10.1. The predicted molar refractivity (Wildman–Crippen MR) is 54.2 cm³/mol. The maximum absolute atomic E-state index is 13.5. The molecule has 0 saturated heterocycles. The molecule has 0 radical (unpaired) electrons. The van der Waals surface area contributed by atoms with Crippen LogP contribution in [-0.4, -0.2) is 13.2 Å². The zero-order valence-electron chi connectivity index (χ0n) is 8.71. The Kier molecular flexibility index (Phi) is 4.01. The van der Waals surface area contributed by atoms with Crippen LogP contribution in [0.15, 0.2) is 17.1 Å². The van der Waals surface area contributed by atoms with E-state index in [1.54, 1.807) is 6.07 Å². The van der Waals surface area contributed by atoms with E-state index in [0.717, 1.165) is 0 Å². The van der Waals surface area contributed by atoms with E-state index in [9.17, 15) is 9.18 Å². The fourth-order valence-corrected chi connectivity index (χ4v) is 1.40. The Labute approximate surface area is 87.6 Å². The van der Waals surface area contributed by atoms with Gasteiger partial charge in [0.05, 0.1) is 13.7 Å². The summed E-state index contributed by atoms with van der Waals surface area (Å²) in [5.41, 5.74) is 1.14. The van der Waals surface area contributed by atoms with Gasteiger partial charge in [-0.3, -0.25) is 0 Å². The summed E-state index contributed by atoms with van der Waals surface area (Å²) in [7, 11) is 1.49. The van der Waals surface area contributed by atoms with Crippen LogP contribution in [0.5, 0.6) is 5.75 Å². The largest absolute Gasteiger partial charge is 0.496 e. The van der Waals surface area contributed by atoms with Gasteiger partial charge in [0.2, 0.25) is 6.08 Å². The number of hydrogen-bond donors (Lipinski definition) is 0. The number of benzene rings is 1. The van der Waals surface area contributed by atoms with E-state index < -0.39 is 0 Å². The summed E-state index contributed by atoms with van der Waals surface area (Å²) >= 11 is 0. The monoisotopic (exact) mass is 209 g/mol. The molecule has 0 aromatic heterocycles. The Balaban J connectivity index is 3.12. The molecule has 15 heavy (non-hydrogen) atoms. The van der Waals surface area contributed by atoms with E-state index in [0.29, 0.717) is 23.3 Å². The minimum Gasteiger partial charge on any atom is -0.496 e. The van der Waals surface area contributed by atoms with Gasteiger partial charge in [0.15, 0.2) is 0 Å². The van der Waals surface area contributed by atoms with Gasteiger partial charge in [0, 0.05) is 5.56 Å². The van der Waals surface area contributed by atoms with Gasteiger partial charge >= 0.3 is 0 Å². The molecule has 0 bridgehead atoms. The Morgan fingerprint density at radius 2 is 2.27 bits per heavy atom. The van der Waals surface area contributed by atoms with Crippen molar-refractivity contribution in [3.63, 3.8) is 0 Å². The molecule has 0 amide bonds. The van der Waals surface area contributed by atoms with Gasteiger partial charge in [-0.2, -0.15) is 0 Å². The van der Waals surface area contributed by atoms with Gasteiger partial charge < -0.3 is 4.74 Å². The third kappa shape index (κ3) is 2.64. The predicted octanol–water partition coefficient (Wildman–Crippen LogP) is 2.23. The van der Waals surface area contributed by atoms with Crippen LogP contribution < -0.4 is 4.74 Å². The quantitative estimate of drug-likeness (QED) is 0.563. The molecule has 1 aromatic rings. The third-order valence-corrected chi connectivity index (χ3v) is 2.11. The van der Waals surface area contributed by atoms with Crippen molar-refractivity contribution in [2.24, 2.45) is 4.99 Å². The molecular formula is C11H12FNO2. The van der Waals surface area contributed by atoms with E-state index in [1.165, 1.54) is 19.3 Å². The fraction of sp³-hybridized carbons (Fsp3) is 0.364. The molecule has 0 aliphatic carbocycles. The molecule has 0 spiro atoms. The molecule has 0 N–H and O–H groups in total. The molecule has 0 saturated carbocycles. The minimum atomic E-state index is -0.326. The molecule has 4 heteroatoms. The van der Waals surface area contributed by atoms with Crippen molar-refractivity contribution in [2.75, 3.05) is 7.11 Å². The number of hydrogen-bond acceptors (Lipinski definition) is 3. The number of ether oxygens (including phenoxy) is 1. The summed E-state index contributed by atoms with van der Waals surface area (Å²) in [5.74, 6) is 0.168. The summed E-state index contributed by atoms with van der Waals surface area (Å²) < 4.78 is 18.6. The molecule has 0 heterocycles. The van der Waals surface area contributed by atoms with E-state index in [2.05, 4.69) is 4.99 Å². The summed E-state index contributed by atoms with van der Waals surface area (Å²) in [6, 6.07) is 3.05. The standard InChI is InChI=1S/C11H12FNO2/c1-3-9-10(12)4-8(6-13-7-14)5-11(9)15-2/h4-5H,3,6H2,1-2H3. The molecule has 0 aliphatic heterocycles. The summed E-state index contributed by atoms with van der Waals surface area (Å²) in [5, 5.41) is 0. The van der Waals surface area contributed by atoms with Gasteiger partial charge in [0.25, 0.3) is 0 Å². The Morgan fingerprint density at radius 1 is 1.53 bits per heavy atom. The Morgan fingerprint density at radius 3 is 2.80 bits per heavy atom. The average molecular weight is 209 g/mol. The Hall–Kier alpha value is -1.67. The number of halogens is 1. The highest BCUT2D eigenvalue weighted by Crippen LogP contribution is 2.24. The topological polar surface area (TPSA) is 38.7 Å². The first-order chi connectivity index (χ1) is 7.22. The van der Waals surface area contributed by atoms with E-state index in [1.807, 2.05) is 6.92 Å². The van der Waals surface area contributed by atoms with Crippen LogP contribution in [0.2, 0.25) is 0 Å². The molecule has 0 unspecified atom stereocenters. The van der Waals surface area contributed by atoms with Gasteiger partial charge in [-0.15, -0.1) is 0 Å². The van der Waals surface area contributed by atoms with E-state index >= 15 is 0 Å². The first-order valence-corrected chi connectivity index (χ1v) is 4.61. The number of aliphatic imine (C=N–C) groups is 1. The summed E-state index contributed by atoms with van der Waals surface area (Å²) in [4.78, 5) is 13.3. The lowest BCUT2D eigenvalue weighted by Crippen LogP contribution is -1.97. The second-order valence-corrected chi connectivity index (χ2v) is 3.02. The highest BCUT2D eigenvalue weighted by Gasteiger charge is 2.09.